The van der Waals surface area contributed by atoms with E-state index in [1.165, 1.54) is 0 Å². The summed E-state index contributed by atoms with van der Waals surface area (Å²) in [5.41, 5.74) is 2.07. The molecule has 0 unspecified atom stereocenters. The van der Waals surface area contributed by atoms with E-state index in [0.717, 1.165) is 11.1 Å². The lowest BCUT2D eigenvalue weighted by atomic mass is 10.0. The average molecular weight is 242 g/mol. The second kappa shape index (κ2) is 5.34. The van der Waals surface area contributed by atoms with Crippen LogP contribution in [0.5, 0.6) is 0 Å². The topological polar surface area (TPSA) is 29.5 Å². The Morgan fingerprint density at radius 1 is 0.833 bits per heavy atom. The number of ether oxygens (including phenoxy) is 1. The fourth-order valence-corrected chi connectivity index (χ4v) is 1.87. The summed E-state index contributed by atoms with van der Waals surface area (Å²) in [6.45, 7) is 3.29. The minimum atomic E-state index is -1.17. The zero-order valence-corrected chi connectivity index (χ0v) is 10.7. The summed E-state index contributed by atoms with van der Waals surface area (Å²) in [7, 11) is 0. The minimum Gasteiger partial charge on any atom is -0.366 e. The third kappa shape index (κ3) is 3.42. The summed E-state index contributed by atoms with van der Waals surface area (Å²) < 4.78 is 5.77. The van der Waals surface area contributed by atoms with Gasteiger partial charge in [-0.05, 0) is 25.0 Å². The molecule has 18 heavy (non-hydrogen) atoms. The number of aliphatic hydroxyl groups is 1. The maximum Gasteiger partial charge on any atom is 0.161 e. The average Bonchev–Trinajstić information content (AvgIpc) is 2.37. The van der Waals surface area contributed by atoms with E-state index in [4.69, 9.17) is 4.74 Å². The number of hydrogen-bond donors (Lipinski definition) is 1. The summed E-state index contributed by atoms with van der Waals surface area (Å²) in [5, 5.41) is 9.89. The van der Waals surface area contributed by atoms with Crippen LogP contribution >= 0.6 is 0 Å². The van der Waals surface area contributed by atoms with Gasteiger partial charge in [-0.15, -0.1) is 0 Å². The van der Waals surface area contributed by atoms with Gasteiger partial charge in [-0.3, -0.25) is 0 Å². The summed E-state index contributed by atoms with van der Waals surface area (Å²) >= 11 is 0. The summed E-state index contributed by atoms with van der Waals surface area (Å²) in [6.07, 6.45) is -0.257. The van der Waals surface area contributed by atoms with Gasteiger partial charge >= 0.3 is 0 Å². The molecule has 94 valence electrons. The predicted octanol–water partition coefficient (Wildman–Crippen LogP) is 3.52. The lowest BCUT2D eigenvalue weighted by Gasteiger charge is -2.27. The monoisotopic (exact) mass is 242 g/mol. The van der Waals surface area contributed by atoms with Crippen LogP contribution in [0, 0.1) is 0 Å². The van der Waals surface area contributed by atoms with Gasteiger partial charge in [0.2, 0.25) is 0 Å². The van der Waals surface area contributed by atoms with Crippen molar-refractivity contribution in [3.63, 3.8) is 0 Å². The molecule has 0 atom stereocenters. The van der Waals surface area contributed by atoms with Gasteiger partial charge in [-0.1, -0.05) is 60.7 Å². The molecule has 0 saturated heterocycles. The van der Waals surface area contributed by atoms with Crippen molar-refractivity contribution >= 4 is 0 Å². The van der Waals surface area contributed by atoms with Crippen LogP contribution in [0.4, 0.5) is 0 Å². The Hall–Kier alpha value is -1.64. The smallest absolute Gasteiger partial charge is 0.161 e. The van der Waals surface area contributed by atoms with Gasteiger partial charge in [-0.25, -0.2) is 0 Å². The second-order valence-corrected chi connectivity index (χ2v) is 4.77. The zero-order chi connectivity index (χ0) is 13.0. The number of benzene rings is 2. The van der Waals surface area contributed by atoms with E-state index in [9.17, 15) is 5.11 Å². The molecule has 2 aromatic carbocycles. The minimum absolute atomic E-state index is 0.257. The Kier molecular flexibility index (Phi) is 3.80. The highest BCUT2D eigenvalue weighted by Crippen LogP contribution is 2.29. The molecule has 0 heterocycles. The largest absolute Gasteiger partial charge is 0.366 e. The predicted molar refractivity (Wildman–Crippen MR) is 72.1 cm³/mol. The van der Waals surface area contributed by atoms with Crippen LogP contribution in [-0.4, -0.2) is 10.9 Å². The third-order valence-electron chi connectivity index (χ3n) is 2.61. The molecule has 2 nitrogen and oxygen atoms in total. The molecule has 0 fully saturated rings. The molecule has 0 saturated carbocycles. The van der Waals surface area contributed by atoms with Gasteiger partial charge in [0.25, 0.3) is 0 Å². The molecule has 0 amide bonds. The van der Waals surface area contributed by atoms with Crippen LogP contribution in [0.1, 0.15) is 31.1 Å². The van der Waals surface area contributed by atoms with Gasteiger partial charge in [0, 0.05) is 0 Å². The van der Waals surface area contributed by atoms with Crippen molar-refractivity contribution < 1.29 is 9.84 Å². The van der Waals surface area contributed by atoms with Gasteiger partial charge in [-0.2, -0.15) is 0 Å². The highest BCUT2D eigenvalue weighted by molar-refractivity contribution is 5.29. The molecule has 1 N–H and O–H groups in total. The van der Waals surface area contributed by atoms with Gasteiger partial charge in [0.15, 0.2) is 5.79 Å². The van der Waals surface area contributed by atoms with Crippen molar-refractivity contribution in [2.45, 2.75) is 25.7 Å². The fourth-order valence-electron chi connectivity index (χ4n) is 1.87. The van der Waals surface area contributed by atoms with E-state index < -0.39 is 5.79 Å². The highest BCUT2D eigenvalue weighted by atomic mass is 16.6. The summed E-state index contributed by atoms with van der Waals surface area (Å²) in [4.78, 5) is 0. The van der Waals surface area contributed by atoms with E-state index in [0.29, 0.717) is 0 Å². The van der Waals surface area contributed by atoms with Crippen LogP contribution in [-0.2, 0) is 4.74 Å². The van der Waals surface area contributed by atoms with Crippen molar-refractivity contribution in [3.05, 3.63) is 71.8 Å². The van der Waals surface area contributed by atoms with Gasteiger partial charge < -0.3 is 9.84 Å². The number of hydrogen-bond acceptors (Lipinski definition) is 2. The molecular weight excluding hydrogens is 224 g/mol. The molecule has 0 radical (unpaired) electrons. The van der Waals surface area contributed by atoms with Crippen molar-refractivity contribution in [2.24, 2.45) is 0 Å². The van der Waals surface area contributed by atoms with E-state index in [2.05, 4.69) is 0 Å². The molecular formula is C16H18O2. The maximum atomic E-state index is 9.89. The van der Waals surface area contributed by atoms with Crippen molar-refractivity contribution in [1.29, 1.82) is 0 Å². The fraction of sp³-hybridized carbons (Fsp3) is 0.250. The molecule has 0 bridgehead atoms. The van der Waals surface area contributed by atoms with E-state index in [-0.39, 0.29) is 6.10 Å². The normalized spacial score (nSPS) is 11.8. The molecule has 2 heteroatoms. The first kappa shape index (κ1) is 12.8. The molecule has 0 aliphatic heterocycles. The van der Waals surface area contributed by atoms with Crippen LogP contribution in [0.2, 0.25) is 0 Å². The quantitative estimate of drug-likeness (QED) is 0.831. The standard InChI is InChI=1S/C16H18O2/c1-16(2,17)18-15(13-9-5-3-6-10-13)14-11-7-4-8-12-14/h3-12,15,17H,1-2H3. The molecule has 0 spiro atoms. The van der Waals surface area contributed by atoms with E-state index in [1.807, 2.05) is 60.7 Å². The molecule has 0 aliphatic rings. The first-order valence-corrected chi connectivity index (χ1v) is 6.06. The van der Waals surface area contributed by atoms with Crippen LogP contribution < -0.4 is 0 Å². The highest BCUT2D eigenvalue weighted by Gasteiger charge is 2.23. The lowest BCUT2D eigenvalue weighted by Crippen LogP contribution is -2.26. The molecule has 2 aromatic rings. The Bertz CT molecular complexity index is 432. The maximum absolute atomic E-state index is 9.89. The first-order chi connectivity index (χ1) is 8.56. The molecule has 2 rings (SSSR count). The van der Waals surface area contributed by atoms with E-state index in [1.54, 1.807) is 13.8 Å². The SMILES string of the molecule is CC(C)(O)OC(c1ccccc1)c1ccccc1. The molecule has 0 aromatic heterocycles. The molecule has 0 aliphatic carbocycles. The second-order valence-electron chi connectivity index (χ2n) is 4.77. The third-order valence-corrected chi connectivity index (χ3v) is 2.61. The van der Waals surface area contributed by atoms with Crippen LogP contribution in [0.3, 0.4) is 0 Å². The van der Waals surface area contributed by atoms with Crippen molar-refractivity contribution in [2.75, 3.05) is 0 Å². The Balaban J connectivity index is 2.36. The summed E-state index contributed by atoms with van der Waals surface area (Å²) in [6, 6.07) is 19.8. The Labute approximate surface area is 108 Å². The zero-order valence-electron chi connectivity index (χ0n) is 10.7. The van der Waals surface area contributed by atoms with Crippen molar-refractivity contribution in [1.82, 2.24) is 0 Å². The van der Waals surface area contributed by atoms with Crippen LogP contribution in [0.15, 0.2) is 60.7 Å². The van der Waals surface area contributed by atoms with Crippen LogP contribution in [0.25, 0.3) is 0 Å². The first-order valence-electron chi connectivity index (χ1n) is 6.06. The Morgan fingerprint density at radius 2 is 1.22 bits per heavy atom. The van der Waals surface area contributed by atoms with Crippen molar-refractivity contribution in [3.8, 4) is 0 Å². The van der Waals surface area contributed by atoms with E-state index >= 15 is 0 Å². The Morgan fingerprint density at radius 3 is 1.56 bits per heavy atom. The number of rotatable bonds is 4. The van der Waals surface area contributed by atoms with Gasteiger partial charge in [0.1, 0.15) is 6.10 Å². The lowest BCUT2D eigenvalue weighted by molar-refractivity contribution is -0.198. The van der Waals surface area contributed by atoms with Gasteiger partial charge in [0.05, 0.1) is 0 Å². The summed E-state index contributed by atoms with van der Waals surface area (Å²) in [5.74, 6) is -1.17.